The van der Waals surface area contributed by atoms with Crippen molar-refractivity contribution in [3.8, 4) is 0 Å². The van der Waals surface area contributed by atoms with Crippen molar-refractivity contribution in [1.82, 2.24) is 29.5 Å². The molecule has 2 aromatic heterocycles. The van der Waals surface area contributed by atoms with Crippen LogP contribution in [0.4, 0.5) is 0 Å². The van der Waals surface area contributed by atoms with E-state index in [0.29, 0.717) is 11.9 Å². The molecule has 0 radical (unpaired) electrons. The first-order valence-corrected chi connectivity index (χ1v) is 8.37. The SMILES string of the molecule is Cc1nc(CN2CCCN(Cc3nccn3C(C)C)CC2)no1. The first-order valence-electron chi connectivity index (χ1n) is 8.37. The third kappa shape index (κ3) is 4.17. The Labute approximate surface area is 137 Å². The lowest BCUT2D eigenvalue weighted by Crippen LogP contribution is -2.31. The van der Waals surface area contributed by atoms with Crippen LogP contribution in [-0.2, 0) is 13.1 Å². The zero-order valence-electron chi connectivity index (χ0n) is 14.3. The molecule has 0 aliphatic carbocycles. The highest BCUT2D eigenvalue weighted by molar-refractivity contribution is 4.95. The fraction of sp³-hybridized carbons (Fsp3) is 0.688. The van der Waals surface area contributed by atoms with Crippen molar-refractivity contribution >= 4 is 0 Å². The fourth-order valence-electron chi connectivity index (χ4n) is 3.08. The van der Waals surface area contributed by atoms with Crippen molar-refractivity contribution < 1.29 is 4.52 Å². The molecule has 0 saturated carbocycles. The number of rotatable bonds is 5. The van der Waals surface area contributed by atoms with Crippen LogP contribution in [0.5, 0.6) is 0 Å². The van der Waals surface area contributed by atoms with Gasteiger partial charge in [-0.1, -0.05) is 5.16 Å². The van der Waals surface area contributed by atoms with E-state index in [4.69, 9.17) is 4.52 Å². The predicted octanol–water partition coefficient (Wildman–Crippen LogP) is 1.86. The van der Waals surface area contributed by atoms with Gasteiger partial charge in [-0.3, -0.25) is 9.80 Å². The van der Waals surface area contributed by atoms with Crippen LogP contribution in [-0.4, -0.2) is 55.7 Å². The molecule has 0 N–H and O–H groups in total. The Morgan fingerprint density at radius 2 is 1.87 bits per heavy atom. The molecule has 3 rings (SSSR count). The van der Waals surface area contributed by atoms with E-state index in [0.717, 1.165) is 57.3 Å². The number of nitrogens with zero attached hydrogens (tertiary/aromatic N) is 6. The average molecular weight is 318 g/mol. The molecule has 0 bridgehead atoms. The number of hydrogen-bond donors (Lipinski definition) is 0. The van der Waals surface area contributed by atoms with Gasteiger partial charge in [0.25, 0.3) is 0 Å². The highest BCUT2D eigenvalue weighted by atomic mass is 16.5. The molecule has 126 valence electrons. The topological polar surface area (TPSA) is 63.2 Å². The van der Waals surface area contributed by atoms with Crippen LogP contribution < -0.4 is 0 Å². The first-order chi connectivity index (χ1) is 11.1. The summed E-state index contributed by atoms with van der Waals surface area (Å²) in [5.74, 6) is 2.57. The number of imidazole rings is 1. The zero-order valence-corrected chi connectivity index (χ0v) is 14.3. The van der Waals surface area contributed by atoms with Crippen LogP contribution in [0.25, 0.3) is 0 Å². The molecule has 0 atom stereocenters. The Kier molecular flexibility index (Phi) is 5.07. The van der Waals surface area contributed by atoms with Gasteiger partial charge < -0.3 is 9.09 Å². The molecule has 1 aliphatic rings. The van der Waals surface area contributed by atoms with E-state index in [-0.39, 0.29) is 0 Å². The van der Waals surface area contributed by atoms with Crippen molar-refractivity contribution in [2.75, 3.05) is 26.2 Å². The van der Waals surface area contributed by atoms with E-state index in [1.54, 1.807) is 0 Å². The molecule has 7 nitrogen and oxygen atoms in total. The summed E-state index contributed by atoms with van der Waals surface area (Å²) in [5.41, 5.74) is 0. The van der Waals surface area contributed by atoms with Gasteiger partial charge in [-0.05, 0) is 33.4 Å². The van der Waals surface area contributed by atoms with E-state index in [2.05, 4.69) is 49.5 Å². The van der Waals surface area contributed by atoms with Gasteiger partial charge in [0.15, 0.2) is 5.82 Å². The summed E-state index contributed by atoms with van der Waals surface area (Å²) in [7, 11) is 0. The highest BCUT2D eigenvalue weighted by Crippen LogP contribution is 2.13. The van der Waals surface area contributed by atoms with Crippen LogP contribution >= 0.6 is 0 Å². The van der Waals surface area contributed by atoms with E-state index in [9.17, 15) is 0 Å². The molecule has 2 aromatic rings. The third-order valence-electron chi connectivity index (χ3n) is 4.29. The molecule has 1 saturated heterocycles. The summed E-state index contributed by atoms with van der Waals surface area (Å²) in [6.45, 7) is 12.2. The molecule has 3 heterocycles. The molecule has 0 aromatic carbocycles. The van der Waals surface area contributed by atoms with Gasteiger partial charge in [0, 0.05) is 38.4 Å². The molecule has 1 aliphatic heterocycles. The van der Waals surface area contributed by atoms with Crippen LogP contribution in [0.1, 0.15) is 43.8 Å². The Bertz CT molecular complexity index is 620. The summed E-state index contributed by atoms with van der Waals surface area (Å²) in [4.78, 5) is 13.7. The number of hydrogen-bond acceptors (Lipinski definition) is 6. The maximum atomic E-state index is 5.05. The second-order valence-electron chi connectivity index (χ2n) is 6.48. The summed E-state index contributed by atoms with van der Waals surface area (Å²) in [5, 5.41) is 4.00. The Morgan fingerprint density at radius 3 is 2.52 bits per heavy atom. The minimum atomic E-state index is 0.456. The van der Waals surface area contributed by atoms with Gasteiger partial charge in [-0.25, -0.2) is 4.98 Å². The Balaban J connectivity index is 1.55. The molecular weight excluding hydrogens is 292 g/mol. The van der Waals surface area contributed by atoms with Crippen molar-refractivity contribution in [3.63, 3.8) is 0 Å². The van der Waals surface area contributed by atoms with Crippen molar-refractivity contribution in [3.05, 3.63) is 29.9 Å². The smallest absolute Gasteiger partial charge is 0.223 e. The molecule has 0 spiro atoms. The largest absolute Gasteiger partial charge is 0.340 e. The van der Waals surface area contributed by atoms with E-state index < -0.39 is 0 Å². The number of aryl methyl sites for hydroxylation is 1. The average Bonchev–Trinajstić information content (AvgIpc) is 3.06. The lowest BCUT2D eigenvalue weighted by molar-refractivity contribution is 0.236. The Hall–Kier alpha value is -1.73. The third-order valence-corrected chi connectivity index (χ3v) is 4.29. The summed E-state index contributed by atoms with van der Waals surface area (Å²) < 4.78 is 7.31. The van der Waals surface area contributed by atoms with E-state index in [1.807, 2.05) is 13.1 Å². The number of aromatic nitrogens is 4. The van der Waals surface area contributed by atoms with E-state index in [1.165, 1.54) is 0 Å². The summed E-state index contributed by atoms with van der Waals surface area (Å²) in [6.07, 6.45) is 5.12. The minimum absolute atomic E-state index is 0.456. The molecule has 23 heavy (non-hydrogen) atoms. The highest BCUT2D eigenvalue weighted by Gasteiger charge is 2.18. The second-order valence-corrected chi connectivity index (χ2v) is 6.48. The normalized spacial score (nSPS) is 17.7. The second kappa shape index (κ2) is 7.23. The maximum Gasteiger partial charge on any atom is 0.223 e. The summed E-state index contributed by atoms with van der Waals surface area (Å²) >= 11 is 0. The standard InChI is InChI=1S/C16H26N6O/c1-13(2)22-8-5-17-16(22)12-21-7-4-6-20(9-10-21)11-15-18-14(3)23-19-15/h5,8,13H,4,6-7,9-12H2,1-3H3. The zero-order chi connectivity index (χ0) is 16.2. The van der Waals surface area contributed by atoms with Crippen LogP contribution in [0, 0.1) is 6.92 Å². The van der Waals surface area contributed by atoms with Crippen LogP contribution in [0.15, 0.2) is 16.9 Å². The lowest BCUT2D eigenvalue weighted by Gasteiger charge is -2.22. The molecule has 0 amide bonds. The van der Waals surface area contributed by atoms with Gasteiger partial charge in [-0.15, -0.1) is 0 Å². The lowest BCUT2D eigenvalue weighted by atomic mass is 10.3. The van der Waals surface area contributed by atoms with Crippen LogP contribution in [0.2, 0.25) is 0 Å². The summed E-state index contributed by atoms with van der Waals surface area (Å²) in [6, 6.07) is 0.456. The Morgan fingerprint density at radius 1 is 1.13 bits per heavy atom. The minimum Gasteiger partial charge on any atom is -0.340 e. The quantitative estimate of drug-likeness (QED) is 0.838. The van der Waals surface area contributed by atoms with Gasteiger partial charge >= 0.3 is 0 Å². The van der Waals surface area contributed by atoms with E-state index >= 15 is 0 Å². The fourth-order valence-corrected chi connectivity index (χ4v) is 3.08. The van der Waals surface area contributed by atoms with Gasteiger partial charge in [0.1, 0.15) is 5.82 Å². The van der Waals surface area contributed by atoms with Crippen molar-refractivity contribution in [2.45, 2.75) is 46.3 Å². The van der Waals surface area contributed by atoms with Crippen molar-refractivity contribution in [2.24, 2.45) is 0 Å². The van der Waals surface area contributed by atoms with Gasteiger partial charge in [0.05, 0.1) is 13.1 Å². The molecule has 1 fully saturated rings. The van der Waals surface area contributed by atoms with Crippen molar-refractivity contribution in [1.29, 1.82) is 0 Å². The molecule has 0 unspecified atom stereocenters. The first kappa shape index (κ1) is 16.1. The van der Waals surface area contributed by atoms with Gasteiger partial charge in [0.2, 0.25) is 5.89 Å². The maximum absolute atomic E-state index is 5.05. The molecule has 7 heteroatoms. The van der Waals surface area contributed by atoms with Gasteiger partial charge in [-0.2, -0.15) is 4.98 Å². The molecular formula is C16H26N6O. The van der Waals surface area contributed by atoms with Crippen LogP contribution in [0.3, 0.4) is 0 Å². The monoisotopic (exact) mass is 318 g/mol. The predicted molar refractivity (Wildman–Crippen MR) is 86.8 cm³/mol.